The smallest absolute Gasteiger partial charge is 0.0431 e. The second kappa shape index (κ2) is 9.20. The maximum Gasteiger partial charge on any atom is 0.0431 e. The summed E-state index contributed by atoms with van der Waals surface area (Å²) in [5.74, 6) is 0. The first-order valence-electron chi connectivity index (χ1n) is 6.66. The summed E-state index contributed by atoms with van der Waals surface area (Å²) in [5.41, 5.74) is 1.43. The van der Waals surface area contributed by atoms with Gasteiger partial charge in [-0.2, -0.15) is 0 Å². The van der Waals surface area contributed by atoms with Crippen LogP contribution in [0, 0.1) is 0 Å². The van der Waals surface area contributed by atoms with Crippen molar-refractivity contribution in [3.05, 3.63) is 35.9 Å². The van der Waals surface area contributed by atoms with Crippen LogP contribution in [0.5, 0.6) is 0 Å². The first-order chi connectivity index (χ1) is 8.33. The molecule has 0 amide bonds. The molecule has 0 fully saturated rings. The van der Waals surface area contributed by atoms with Crippen molar-refractivity contribution < 1.29 is 5.11 Å². The minimum absolute atomic E-state index is 0.331. The van der Waals surface area contributed by atoms with Gasteiger partial charge in [0.05, 0.1) is 0 Å². The van der Waals surface area contributed by atoms with Gasteiger partial charge in [0.1, 0.15) is 0 Å². The number of aliphatic hydroxyl groups excluding tert-OH is 1. The molecule has 0 saturated carbocycles. The third-order valence-electron chi connectivity index (χ3n) is 3.05. The molecular formula is C15H25NO. The van der Waals surface area contributed by atoms with Gasteiger partial charge in [0.15, 0.2) is 0 Å². The SMILES string of the molecule is CN(CCCCCO)CCCc1ccccc1. The molecule has 96 valence electrons. The molecule has 2 heteroatoms. The van der Waals surface area contributed by atoms with E-state index in [9.17, 15) is 0 Å². The van der Waals surface area contributed by atoms with E-state index in [1.165, 1.54) is 24.8 Å². The monoisotopic (exact) mass is 235 g/mol. The highest BCUT2D eigenvalue weighted by atomic mass is 16.2. The Morgan fingerprint density at radius 3 is 2.35 bits per heavy atom. The van der Waals surface area contributed by atoms with Crippen molar-refractivity contribution in [2.75, 3.05) is 26.7 Å². The quantitative estimate of drug-likeness (QED) is 0.665. The van der Waals surface area contributed by atoms with Crippen molar-refractivity contribution in [1.29, 1.82) is 0 Å². The van der Waals surface area contributed by atoms with Crippen molar-refractivity contribution in [2.24, 2.45) is 0 Å². The molecule has 0 atom stereocenters. The Hall–Kier alpha value is -0.860. The lowest BCUT2D eigenvalue weighted by Gasteiger charge is -2.16. The zero-order valence-corrected chi connectivity index (χ0v) is 10.9. The average Bonchev–Trinajstić information content (AvgIpc) is 2.36. The maximum atomic E-state index is 8.69. The van der Waals surface area contributed by atoms with E-state index in [4.69, 9.17) is 5.11 Å². The Morgan fingerprint density at radius 2 is 1.65 bits per heavy atom. The van der Waals surface area contributed by atoms with E-state index >= 15 is 0 Å². The fraction of sp³-hybridized carbons (Fsp3) is 0.600. The molecule has 17 heavy (non-hydrogen) atoms. The molecule has 0 unspecified atom stereocenters. The third kappa shape index (κ3) is 7.14. The Balaban J connectivity index is 2.02. The number of nitrogens with zero attached hydrogens (tertiary/aromatic N) is 1. The Bertz CT molecular complexity index is 274. The molecule has 0 bridgehead atoms. The first kappa shape index (κ1) is 14.2. The number of rotatable bonds is 9. The molecule has 1 N–H and O–H groups in total. The molecular weight excluding hydrogens is 210 g/mol. The summed E-state index contributed by atoms with van der Waals surface area (Å²) in [6, 6.07) is 10.7. The fourth-order valence-electron chi connectivity index (χ4n) is 1.98. The number of unbranched alkanes of at least 4 members (excludes halogenated alkanes) is 2. The summed E-state index contributed by atoms with van der Waals surface area (Å²) in [5, 5.41) is 8.69. The van der Waals surface area contributed by atoms with Crippen LogP contribution in [0.15, 0.2) is 30.3 Å². The summed E-state index contributed by atoms with van der Waals surface area (Å²) in [4.78, 5) is 2.39. The van der Waals surface area contributed by atoms with Gasteiger partial charge < -0.3 is 10.0 Å². The van der Waals surface area contributed by atoms with Gasteiger partial charge in [-0.1, -0.05) is 30.3 Å². The van der Waals surface area contributed by atoms with E-state index in [2.05, 4.69) is 42.3 Å². The van der Waals surface area contributed by atoms with E-state index < -0.39 is 0 Å². The van der Waals surface area contributed by atoms with Crippen LogP contribution in [-0.2, 0) is 6.42 Å². The maximum absolute atomic E-state index is 8.69. The van der Waals surface area contributed by atoms with Crippen LogP contribution in [0.2, 0.25) is 0 Å². The zero-order chi connectivity index (χ0) is 12.3. The average molecular weight is 235 g/mol. The molecule has 2 nitrogen and oxygen atoms in total. The number of aryl methyl sites for hydroxylation is 1. The predicted molar refractivity (Wildman–Crippen MR) is 73.2 cm³/mol. The van der Waals surface area contributed by atoms with Gasteiger partial charge in [-0.15, -0.1) is 0 Å². The zero-order valence-electron chi connectivity index (χ0n) is 10.9. The van der Waals surface area contributed by atoms with Gasteiger partial charge >= 0.3 is 0 Å². The Labute approximate surface area is 105 Å². The molecule has 0 aromatic heterocycles. The molecule has 0 radical (unpaired) electrons. The van der Waals surface area contributed by atoms with E-state index in [1.807, 2.05) is 0 Å². The van der Waals surface area contributed by atoms with Crippen molar-refractivity contribution in [3.63, 3.8) is 0 Å². The number of hydrogen-bond donors (Lipinski definition) is 1. The number of aliphatic hydroxyl groups is 1. The summed E-state index contributed by atoms with van der Waals surface area (Å²) in [7, 11) is 2.18. The Kier molecular flexibility index (Phi) is 7.69. The third-order valence-corrected chi connectivity index (χ3v) is 3.05. The molecule has 0 aliphatic rings. The van der Waals surface area contributed by atoms with Gasteiger partial charge in [0.2, 0.25) is 0 Å². The van der Waals surface area contributed by atoms with E-state index in [0.717, 1.165) is 25.9 Å². The second-order valence-corrected chi connectivity index (χ2v) is 4.68. The van der Waals surface area contributed by atoms with Crippen molar-refractivity contribution in [3.8, 4) is 0 Å². The second-order valence-electron chi connectivity index (χ2n) is 4.68. The molecule has 0 saturated heterocycles. The van der Waals surface area contributed by atoms with Gasteiger partial charge in [0, 0.05) is 6.61 Å². The van der Waals surface area contributed by atoms with E-state index in [0.29, 0.717) is 6.61 Å². The number of benzene rings is 1. The first-order valence-corrected chi connectivity index (χ1v) is 6.66. The van der Waals surface area contributed by atoms with Gasteiger partial charge in [-0.25, -0.2) is 0 Å². The number of hydrogen-bond acceptors (Lipinski definition) is 2. The minimum atomic E-state index is 0.331. The molecule has 1 aromatic carbocycles. The van der Waals surface area contributed by atoms with Crippen LogP contribution in [-0.4, -0.2) is 36.8 Å². The largest absolute Gasteiger partial charge is 0.396 e. The van der Waals surface area contributed by atoms with Crippen LogP contribution in [0.25, 0.3) is 0 Å². The summed E-state index contributed by atoms with van der Waals surface area (Å²) in [6.45, 7) is 2.64. The molecule has 0 heterocycles. The fourth-order valence-corrected chi connectivity index (χ4v) is 1.98. The van der Waals surface area contributed by atoms with Crippen molar-refractivity contribution in [2.45, 2.75) is 32.1 Å². The summed E-state index contributed by atoms with van der Waals surface area (Å²) in [6.07, 6.45) is 5.67. The Morgan fingerprint density at radius 1 is 0.941 bits per heavy atom. The van der Waals surface area contributed by atoms with Crippen LogP contribution in [0.4, 0.5) is 0 Å². The molecule has 0 aliphatic carbocycles. The van der Waals surface area contributed by atoms with Crippen molar-refractivity contribution in [1.82, 2.24) is 4.90 Å². The van der Waals surface area contributed by atoms with Crippen LogP contribution in [0.1, 0.15) is 31.2 Å². The highest BCUT2D eigenvalue weighted by Crippen LogP contribution is 2.04. The lowest BCUT2D eigenvalue weighted by atomic mass is 10.1. The lowest BCUT2D eigenvalue weighted by Crippen LogP contribution is -2.21. The molecule has 0 aliphatic heterocycles. The van der Waals surface area contributed by atoms with Crippen molar-refractivity contribution >= 4 is 0 Å². The van der Waals surface area contributed by atoms with Crippen LogP contribution in [0.3, 0.4) is 0 Å². The lowest BCUT2D eigenvalue weighted by molar-refractivity contribution is 0.272. The van der Waals surface area contributed by atoms with E-state index in [1.54, 1.807) is 0 Å². The highest BCUT2D eigenvalue weighted by molar-refractivity contribution is 5.14. The summed E-state index contributed by atoms with van der Waals surface area (Å²) >= 11 is 0. The predicted octanol–water partition coefficient (Wildman–Crippen LogP) is 2.71. The standard InChI is InChI=1S/C15H25NO/c1-16(12-6-3-7-14-17)13-8-11-15-9-4-2-5-10-15/h2,4-5,9-10,17H,3,6-8,11-14H2,1H3. The van der Waals surface area contributed by atoms with Crippen LogP contribution >= 0.6 is 0 Å². The highest BCUT2D eigenvalue weighted by Gasteiger charge is 1.98. The molecule has 1 rings (SSSR count). The van der Waals surface area contributed by atoms with Crippen LogP contribution < -0.4 is 0 Å². The molecule has 0 spiro atoms. The minimum Gasteiger partial charge on any atom is -0.396 e. The van der Waals surface area contributed by atoms with E-state index in [-0.39, 0.29) is 0 Å². The van der Waals surface area contributed by atoms with Gasteiger partial charge in [-0.3, -0.25) is 0 Å². The van der Waals surface area contributed by atoms with Gasteiger partial charge in [0.25, 0.3) is 0 Å². The topological polar surface area (TPSA) is 23.5 Å². The van der Waals surface area contributed by atoms with Gasteiger partial charge in [-0.05, 0) is 57.8 Å². The normalized spacial score (nSPS) is 11.0. The summed E-state index contributed by atoms with van der Waals surface area (Å²) < 4.78 is 0. The molecule has 1 aromatic rings.